The third-order valence-electron chi connectivity index (χ3n) is 3.72. The molecule has 2 unspecified atom stereocenters. The summed E-state index contributed by atoms with van der Waals surface area (Å²) in [6, 6.07) is 9.08. The summed E-state index contributed by atoms with van der Waals surface area (Å²) in [7, 11) is 0. The number of rotatable bonds is 5. The van der Waals surface area contributed by atoms with Gasteiger partial charge in [0.05, 0.1) is 18.9 Å². The molecule has 1 aliphatic heterocycles. The number of carboxylic acid groups (broad SMARTS) is 1. The van der Waals surface area contributed by atoms with Gasteiger partial charge in [-0.2, -0.15) is 0 Å². The van der Waals surface area contributed by atoms with Crippen LogP contribution < -0.4 is 4.74 Å². The van der Waals surface area contributed by atoms with Crippen LogP contribution in [0.25, 0.3) is 0 Å². The highest BCUT2D eigenvalue weighted by Gasteiger charge is 2.37. The summed E-state index contributed by atoms with van der Waals surface area (Å²) in [5, 5.41) is 9.05. The van der Waals surface area contributed by atoms with E-state index in [1.807, 2.05) is 30.3 Å². The van der Waals surface area contributed by atoms with Crippen molar-refractivity contribution in [2.75, 3.05) is 13.2 Å². The number of carboxylic acids is 1. The van der Waals surface area contributed by atoms with Crippen LogP contribution in [0.4, 0.5) is 0 Å². The third-order valence-corrected chi connectivity index (χ3v) is 3.72. The molecule has 0 spiro atoms. The molecule has 1 aromatic rings. The summed E-state index contributed by atoms with van der Waals surface area (Å²) in [4.78, 5) is 24.7. The average molecular weight is 277 g/mol. The van der Waals surface area contributed by atoms with E-state index in [0.717, 1.165) is 5.75 Å². The number of hydrogen-bond donors (Lipinski definition) is 1. The number of carbonyl (C=O) groups excluding carboxylic acids is 1. The van der Waals surface area contributed by atoms with Crippen LogP contribution in [-0.2, 0) is 9.59 Å². The lowest BCUT2D eigenvalue weighted by Gasteiger charge is -2.23. The molecule has 1 saturated heterocycles. The van der Waals surface area contributed by atoms with Gasteiger partial charge in [0, 0.05) is 12.6 Å². The summed E-state index contributed by atoms with van der Waals surface area (Å²) in [5.41, 5.74) is 0. The second kappa shape index (κ2) is 6.41. The maximum absolute atomic E-state index is 12.1. The summed E-state index contributed by atoms with van der Waals surface area (Å²) >= 11 is 0. The van der Waals surface area contributed by atoms with E-state index in [9.17, 15) is 9.59 Å². The van der Waals surface area contributed by atoms with Gasteiger partial charge in [0.25, 0.3) is 0 Å². The highest BCUT2D eigenvalue weighted by atomic mass is 16.5. The number of nitrogens with zero attached hydrogens (tertiary/aromatic N) is 1. The molecule has 20 heavy (non-hydrogen) atoms. The Morgan fingerprint density at radius 1 is 1.35 bits per heavy atom. The molecule has 1 aliphatic rings. The van der Waals surface area contributed by atoms with E-state index in [-0.39, 0.29) is 18.4 Å². The van der Waals surface area contributed by atoms with E-state index in [4.69, 9.17) is 9.84 Å². The van der Waals surface area contributed by atoms with Gasteiger partial charge < -0.3 is 14.7 Å². The Kier molecular flexibility index (Phi) is 4.61. The highest BCUT2D eigenvalue weighted by molar-refractivity contribution is 5.79. The average Bonchev–Trinajstić information content (AvgIpc) is 2.82. The molecule has 0 aromatic heterocycles. The predicted octanol–water partition coefficient (Wildman–Crippen LogP) is 1.78. The predicted molar refractivity (Wildman–Crippen MR) is 73.5 cm³/mol. The normalized spacial score (nSPS) is 21.8. The first-order valence-electron chi connectivity index (χ1n) is 6.79. The smallest absolute Gasteiger partial charge is 0.308 e. The summed E-state index contributed by atoms with van der Waals surface area (Å²) in [5.74, 6) is -0.585. The number of amides is 1. The Morgan fingerprint density at radius 2 is 2.05 bits per heavy atom. The van der Waals surface area contributed by atoms with Gasteiger partial charge in [-0.15, -0.1) is 0 Å². The minimum absolute atomic E-state index is 0.0443. The molecule has 1 heterocycles. The van der Waals surface area contributed by atoms with Gasteiger partial charge >= 0.3 is 5.97 Å². The molecular weight excluding hydrogens is 258 g/mol. The molecule has 0 bridgehead atoms. The van der Waals surface area contributed by atoms with Crippen molar-refractivity contribution in [3.8, 4) is 5.75 Å². The van der Waals surface area contributed by atoms with E-state index >= 15 is 0 Å². The van der Waals surface area contributed by atoms with Crippen molar-refractivity contribution in [2.45, 2.75) is 25.8 Å². The molecule has 108 valence electrons. The number of aliphatic carboxylic acids is 1. The minimum Gasteiger partial charge on any atom is -0.493 e. The first-order chi connectivity index (χ1) is 9.59. The van der Waals surface area contributed by atoms with Crippen molar-refractivity contribution in [2.24, 2.45) is 5.92 Å². The van der Waals surface area contributed by atoms with Gasteiger partial charge in [0.2, 0.25) is 5.91 Å². The zero-order valence-electron chi connectivity index (χ0n) is 11.5. The van der Waals surface area contributed by atoms with E-state index < -0.39 is 11.9 Å². The molecule has 1 N–H and O–H groups in total. The maximum atomic E-state index is 12.1. The SMILES string of the molecule is CC1C(C(=O)O)CCN1C(=O)CCOc1ccccc1. The van der Waals surface area contributed by atoms with Gasteiger partial charge in [0.1, 0.15) is 5.75 Å². The van der Waals surface area contributed by atoms with Crippen LogP contribution in [0, 0.1) is 5.92 Å². The highest BCUT2D eigenvalue weighted by Crippen LogP contribution is 2.24. The molecule has 0 aliphatic carbocycles. The van der Waals surface area contributed by atoms with Gasteiger partial charge in [-0.25, -0.2) is 0 Å². The first-order valence-corrected chi connectivity index (χ1v) is 6.79. The summed E-state index contributed by atoms with van der Waals surface area (Å²) in [6.45, 7) is 2.62. The van der Waals surface area contributed by atoms with Crippen molar-refractivity contribution >= 4 is 11.9 Å². The molecule has 1 aromatic carbocycles. The molecular formula is C15H19NO4. The van der Waals surface area contributed by atoms with Crippen LogP contribution in [0.5, 0.6) is 5.75 Å². The molecule has 0 saturated carbocycles. The molecule has 1 fully saturated rings. The van der Waals surface area contributed by atoms with Crippen LogP contribution in [0.3, 0.4) is 0 Å². The maximum Gasteiger partial charge on any atom is 0.308 e. The lowest BCUT2D eigenvalue weighted by atomic mass is 10.0. The molecule has 5 nitrogen and oxygen atoms in total. The Morgan fingerprint density at radius 3 is 2.65 bits per heavy atom. The number of likely N-dealkylation sites (tertiary alicyclic amines) is 1. The zero-order valence-corrected chi connectivity index (χ0v) is 11.5. The quantitative estimate of drug-likeness (QED) is 0.890. The first kappa shape index (κ1) is 14.4. The molecule has 2 rings (SSSR count). The second-order valence-electron chi connectivity index (χ2n) is 4.97. The monoisotopic (exact) mass is 277 g/mol. The lowest BCUT2D eigenvalue weighted by molar-refractivity contribution is -0.143. The molecule has 5 heteroatoms. The standard InChI is InChI=1S/C15H19NO4/c1-11-13(15(18)19)7-9-16(11)14(17)8-10-20-12-5-3-2-4-6-12/h2-6,11,13H,7-10H2,1H3,(H,18,19). The Bertz CT molecular complexity index is 474. The fourth-order valence-electron chi connectivity index (χ4n) is 2.54. The molecule has 1 amide bonds. The molecule has 0 radical (unpaired) electrons. The van der Waals surface area contributed by atoms with Crippen LogP contribution in [0.15, 0.2) is 30.3 Å². The fraction of sp³-hybridized carbons (Fsp3) is 0.467. The minimum atomic E-state index is -0.826. The number of benzene rings is 1. The lowest BCUT2D eigenvalue weighted by Crippen LogP contribution is -2.38. The molecule has 2 atom stereocenters. The van der Waals surface area contributed by atoms with Gasteiger partial charge in [-0.3, -0.25) is 9.59 Å². The largest absolute Gasteiger partial charge is 0.493 e. The number of carbonyl (C=O) groups is 2. The Balaban J connectivity index is 1.80. The number of hydrogen-bond acceptors (Lipinski definition) is 3. The number of para-hydroxylation sites is 1. The van der Waals surface area contributed by atoms with E-state index in [0.29, 0.717) is 19.6 Å². The third kappa shape index (κ3) is 3.29. The Hall–Kier alpha value is -2.04. The van der Waals surface area contributed by atoms with Crippen molar-refractivity contribution in [1.29, 1.82) is 0 Å². The fourth-order valence-corrected chi connectivity index (χ4v) is 2.54. The number of ether oxygens (including phenoxy) is 1. The van der Waals surface area contributed by atoms with E-state index in [1.54, 1.807) is 11.8 Å². The van der Waals surface area contributed by atoms with E-state index in [2.05, 4.69) is 0 Å². The second-order valence-corrected chi connectivity index (χ2v) is 4.97. The van der Waals surface area contributed by atoms with Gasteiger partial charge in [-0.1, -0.05) is 18.2 Å². The van der Waals surface area contributed by atoms with Crippen molar-refractivity contribution < 1.29 is 19.4 Å². The van der Waals surface area contributed by atoms with Gasteiger partial charge in [-0.05, 0) is 25.5 Å². The van der Waals surface area contributed by atoms with Crippen molar-refractivity contribution in [3.63, 3.8) is 0 Å². The van der Waals surface area contributed by atoms with Crippen LogP contribution in [0.2, 0.25) is 0 Å². The van der Waals surface area contributed by atoms with Crippen LogP contribution in [-0.4, -0.2) is 41.1 Å². The van der Waals surface area contributed by atoms with Crippen LogP contribution in [0.1, 0.15) is 19.8 Å². The summed E-state index contributed by atoms with van der Waals surface area (Å²) in [6.07, 6.45) is 0.799. The topological polar surface area (TPSA) is 66.8 Å². The zero-order chi connectivity index (χ0) is 14.5. The van der Waals surface area contributed by atoms with Crippen molar-refractivity contribution in [1.82, 2.24) is 4.90 Å². The van der Waals surface area contributed by atoms with E-state index in [1.165, 1.54) is 0 Å². The van der Waals surface area contributed by atoms with Crippen LogP contribution >= 0.6 is 0 Å². The van der Waals surface area contributed by atoms with Crippen molar-refractivity contribution in [3.05, 3.63) is 30.3 Å². The van der Waals surface area contributed by atoms with Gasteiger partial charge in [0.15, 0.2) is 0 Å². The Labute approximate surface area is 118 Å². The summed E-state index contributed by atoms with van der Waals surface area (Å²) < 4.78 is 5.48.